The van der Waals surface area contributed by atoms with Gasteiger partial charge in [-0.15, -0.1) is 6.58 Å². The first-order chi connectivity index (χ1) is 31.2. The molecule has 2 heterocycles. The lowest BCUT2D eigenvalue weighted by Gasteiger charge is -2.60. The van der Waals surface area contributed by atoms with E-state index < -0.39 is 28.6 Å². The van der Waals surface area contributed by atoms with Crippen LogP contribution >= 0.6 is 0 Å². The number of ether oxygens (including phenoxy) is 4. The first kappa shape index (κ1) is 48.0. The Kier molecular flexibility index (Phi) is 17.6. The SMILES string of the molecule is C=CCOC12Oc3ccc(OCc4cccc(C)n4)cc3C3C(CCCCO)C(CCCCO)C=C(C(=NOCC)CC1N(CCOCCO)C(=O)C=Cc1ccc([N+](=O)[O-])cc1)C32. The number of rotatable bonds is 25. The van der Waals surface area contributed by atoms with Gasteiger partial charge < -0.3 is 44.0 Å². The molecule has 0 radical (unpaired) electrons. The third-order valence-electron chi connectivity index (χ3n) is 12.2. The molecular formula is C49H62N4O11. The maximum absolute atomic E-state index is 14.8. The van der Waals surface area contributed by atoms with Gasteiger partial charge in [-0.2, -0.15) is 0 Å². The Morgan fingerprint density at radius 2 is 1.83 bits per heavy atom. The van der Waals surface area contributed by atoms with E-state index in [4.69, 9.17) is 28.9 Å². The molecule has 3 aliphatic rings. The summed E-state index contributed by atoms with van der Waals surface area (Å²) >= 11 is 0. The number of aryl methyl sites for hydroxylation is 1. The van der Waals surface area contributed by atoms with Gasteiger partial charge >= 0.3 is 0 Å². The molecule has 15 heteroatoms. The van der Waals surface area contributed by atoms with E-state index in [1.54, 1.807) is 29.2 Å². The number of unbranched alkanes of at least 4 members (excludes halogenated alkanes) is 2. The summed E-state index contributed by atoms with van der Waals surface area (Å²) in [5, 5.41) is 45.5. The maximum Gasteiger partial charge on any atom is 0.269 e. The summed E-state index contributed by atoms with van der Waals surface area (Å²) in [6.45, 7) is 8.65. The van der Waals surface area contributed by atoms with Crippen LogP contribution < -0.4 is 9.47 Å². The number of benzene rings is 2. The second-order valence-corrected chi connectivity index (χ2v) is 16.3. The van der Waals surface area contributed by atoms with Crippen LogP contribution in [-0.4, -0.2) is 106 Å². The Hall–Kier alpha value is -5.45. The molecule has 1 aromatic heterocycles. The van der Waals surface area contributed by atoms with Gasteiger partial charge in [0.1, 0.15) is 30.8 Å². The molecule has 0 saturated heterocycles. The number of amides is 1. The number of carbonyl (C=O) groups is 1. The van der Waals surface area contributed by atoms with Gasteiger partial charge in [0.25, 0.3) is 5.69 Å². The standard InChI is InChI=1S/C49H62N4O11/c1-4-27-62-49-45(52(23-28-60-29-26-56)46(57)22-17-35-15-18-38(19-16-35)53(58)59)32-43(51-63-5-2)41-30-36(12-6-8-24-54)40(14-7-9-25-55)47(48(41)49)42-31-39(20-21-44(42)64-49)61-33-37-13-10-11-34(3)50-37/h4,10-11,13,15-22,30-31,36,40,45,47-48,54-56H,1,5-9,12,14,23-29,32-33H2,2-3H3. The molecule has 15 nitrogen and oxygen atoms in total. The molecule has 3 N–H and O–H groups in total. The molecule has 1 fully saturated rings. The van der Waals surface area contributed by atoms with E-state index in [0.29, 0.717) is 42.2 Å². The molecule has 3 aromatic rings. The van der Waals surface area contributed by atoms with Gasteiger partial charge in [-0.1, -0.05) is 36.2 Å². The van der Waals surface area contributed by atoms with E-state index in [2.05, 4.69) is 17.6 Å². The van der Waals surface area contributed by atoms with Gasteiger partial charge in [0.05, 0.1) is 48.7 Å². The van der Waals surface area contributed by atoms with E-state index in [9.17, 15) is 30.2 Å². The molecule has 6 rings (SSSR count). The first-order valence-electron chi connectivity index (χ1n) is 22.3. The van der Waals surface area contributed by atoms with E-state index in [0.717, 1.165) is 48.2 Å². The van der Waals surface area contributed by atoms with Crippen LogP contribution in [0.3, 0.4) is 0 Å². The van der Waals surface area contributed by atoms with Crippen LogP contribution in [0.4, 0.5) is 5.69 Å². The number of aliphatic hydroxyl groups excluding tert-OH is 3. The highest BCUT2D eigenvalue weighted by Gasteiger charge is 2.65. The third-order valence-corrected chi connectivity index (χ3v) is 12.2. The van der Waals surface area contributed by atoms with Crippen LogP contribution in [0.15, 0.2) is 96.2 Å². The number of nitro groups is 1. The number of aliphatic hydroxyl groups is 3. The monoisotopic (exact) mass is 882 g/mol. The van der Waals surface area contributed by atoms with Crippen molar-refractivity contribution in [2.24, 2.45) is 22.9 Å². The molecule has 1 saturated carbocycles. The second-order valence-electron chi connectivity index (χ2n) is 16.3. The summed E-state index contributed by atoms with van der Waals surface area (Å²) in [6, 6.07) is 16.7. The fourth-order valence-corrected chi connectivity index (χ4v) is 9.44. The average molecular weight is 883 g/mol. The van der Waals surface area contributed by atoms with E-state index in [-0.39, 0.29) is 82.7 Å². The number of non-ortho nitro benzene ring substituents is 1. The number of allylic oxidation sites excluding steroid dienone is 1. The highest BCUT2D eigenvalue weighted by molar-refractivity contribution is 6.03. The van der Waals surface area contributed by atoms with Crippen molar-refractivity contribution in [3.63, 3.8) is 0 Å². The van der Waals surface area contributed by atoms with Crippen LogP contribution in [0, 0.1) is 34.8 Å². The van der Waals surface area contributed by atoms with Crippen molar-refractivity contribution in [1.29, 1.82) is 0 Å². The van der Waals surface area contributed by atoms with Crippen molar-refractivity contribution >= 4 is 23.4 Å². The predicted molar refractivity (Wildman–Crippen MR) is 242 cm³/mol. The van der Waals surface area contributed by atoms with Crippen molar-refractivity contribution in [2.45, 2.75) is 83.1 Å². The lowest BCUT2D eigenvalue weighted by Crippen LogP contribution is -2.70. The van der Waals surface area contributed by atoms with Crippen molar-refractivity contribution in [3.05, 3.63) is 124 Å². The highest BCUT2D eigenvalue weighted by Crippen LogP contribution is 2.62. The molecule has 64 heavy (non-hydrogen) atoms. The number of carbonyl (C=O) groups excluding carboxylic acids is 1. The average Bonchev–Trinajstić information content (AvgIpc) is 3.30. The largest absolute Gasteiger partial charge is 0.487 e. The van der Waals surface area contributed by atoms with Crippen molar-refractivity contribution in [2.75, 3.05) is 52.8 Å². The molecule has 0 bridgehead atoms. The van der Waals surface area contributed by atoms with E-state index in [1.165, 1.54) is 18.2 Å². The van der Waals surface area contributed by atoms with Crippen molar-refractivity contribution < 1.29 is 48.8 Å². The van der Waals surface area contributed by atoms with Crippen LogP contribution in [0.1, 0.15) is 80.3 Å². The van der Waals surface area contributed by atoms with E-state index in [1.807, 2.05) is 50.2 Å². The smallest absolute Gasteiger partial charge is 0.269 e. The topological polar surface area (TPSA) is 196 Å². The lowest BCUT2D eigenvalue weighted by atomic mass is 9.55. The normalized spacial score (nSPS) is 22.9. The van der Waals surface area contributed by atoms with Crippen LogP contribution in [0.5, 0.6) is 11.5 Å². The Bertz CT molecular complexity index is 2130. The van der Waals surface area contributed by atoms with Gasteiger partial charge in [-0.25, -0.2) is 0 Å². The summed E-state index contributed by atoms with van der Waals surface area (Å²) in [4.78, 5) is 37.8. The molecule has 6 unspecified atom stereocenters. The summed E-state index contributed by atoms with van der Waals surface area (Å²) < 4.78 is 26.6. The number of hydrogen-bond acceptors (Lipinski definition) is 13. The highest BCUT2D eigenvalue weighted by atomic mass is 16.7. The number of pyridine rings is 1. The van der Waals surface area contributed by atoms with Crippen molar-refractivity contribution in [3.8, 4) is 11.5 Å². The third kappa shape index (κ3) is 11.4. The van der Waals surface area contributed by atoms with Gasteiger partial charge in [-0.05, 0) is 111 Å². The molecule has 2 aromatic carbocycles. The number of fused-ring (bicyclic) bond motifs is 2. The van der Waals surface area contributed by atoms with Crippen LogP contribution in [-0.2, 0) is 25.7 Å². The van der Waals surface area contributed by atoms with Gasteiger partial charge in [-0.3, -0.25) is 19.9 Å². The molecule has 2 aliphatic carbocycles. The first-order valence-corrected chi connectivity index (χ1v) is 22.3. The minimum Gasteiger partial charge on any atom is -0.487 e. The predicted octanol–water partition coefficient (Wildman–Crippen LogP) is 7.08. The quantitative estimate of drug-likeness (QED) is 0.0258. The Labute approximate surface area is 375 Å². The molecular weight excluding hydrogens is 821 g/mol. The Balaban J connectivity index is 1.54. The minimum atomic E-state index is -1.50. The Morgan fingerprint density at radius 1 is 1.05 bits per heavy atom. The number of oxime groups is 1. The number of nitro benzene ring substituents is 1. The Morgan fingerprint density at radius 3 is 2.53 bits per heavy atom. The number of aromatic nitrogens is 1. The maximum atomic E-state index is 14.8. The van der Waals surface area contributed by atoms with Crippen molar-refractivity contribution in [1.82, 2.24) is 9.88 Å². The zero-order valence-electron chi connectivity index (χ0n) is 36.9. The molecule has 344 valence electrons. The summed E-state index contributed by atoms with van der Waals surface area (Å²) in [6.07, 6.45) is 11.6. The fraction of sp³-hybridized carbons (Fsp3) is 0.490. The van der Waals surface area contributed by atoms with Crippen LogP contribution in [0.2, 0.25) is 0 Å². The van der Waals surface area contributed by atoms with Gasteiger partial charge in [0.2, 0.25) is 11.7 Å². The molecule has 1 amide bonds. The van der Waals surface area contributed by atoms with Crippen LogP contribution in [0.25, 0.3) is 6.08 Å². The number of nitrogens with zero attached hydrogens (tertiary/aromatic N) is 4. The fourth-order valence-electron chi connectivity index (χ4n) is 9.44. The molecule has 6 atom stereocenters. The lowest BCUT2D eigenvalue weighted by molar-refractivity contribution is -0.384. The van der Waals surface area contributed by atoms with Gasteiger partial charge in [0.15, 0.2) is 0 Å². The van der Waals surface area contributed by atoms with E-state index >= 15 is 0 Å². The summed E-state index contributed by atoms with van der Waals surface area (Å²) in [5.41, 5.74) is 4.68. The summed E-state index contributed by atoms with van der Waals surface area (Å²) in [7, 11) is 0. The minimum absolute atomic E-state index is 0.00760. The second kappa shape index (κ2) is 23.5. The summed E-state index contributed by atoms with van der Waals surface area (Å²) in [5.74, 6) is -1.43. The molecule has 1 aliphatic heterocycles. The van der Waals surface area contributed by atoms with Gasteiger partial charge in [0, 0.05) is 61.6 Å². The zero-order valence-corrected chi connectivity index (χ0v) is 36.9. The zero-order chi connectivity index (χ0) is 45.5. The molecule has 0 spiro atoms. The number of hydrogen-bond donors (Lipinski definition) is 3.